The van der Waals surface area contributed by atoms with Gasteiger partial charge in [0.1, 0.15) is 0 Å². The van der Waals surface area contributed by atoms with Gasteiger partial charge in [0.15, 0.2) is 0 Å². The quantitative estimate of drug-likeness (QED) is 0.895. The van der Waals surface area contributed by atoms with Gasteiger partial charge in [-0.2, -0.15) is 0 Å². The van der Waals surface area contributed by atoms with Gasteiger partial charge >= 0.3 is 0 Å². The molecule has 1 aromatic carbocycles. The van der Waals surface area contributed by atoms with Gasteiger partial charge in [-0.25, -0.2) is 0 Å². The van der Waals surface area contributed by atoms with Crippen LogP contribution in [0.2, 0.25) is 0 Å². The molecular weight excluding hydrogens is 252 g/mol. The van der Waals surface area contributed by atoms with E-state index in [9.17, 15) is 4.79 Å². The Hall–Kier alpha value is -1.39. The standard InChI is InChI=1S/C16H22N2O2/c1-12(19)18-8-6-14(7-9-18)17-16-11-20-10-13-4-2-3-5-15(13)16/h2-5,14,16-17H,6-11H2,1H3. The molecule has 1 unspecified atom stereocenters. The predicted molar refractivity (Wildman–Crippen MR) is 77.3 cm³/mol. The summed E-state index contributed by atoms with van der Waals surface area (Å²) in [5.74, 6) is 0.190. The van der Waals surface area contributed by atoms with E-state index >= 15 is 0 Å². The molecule has 1 atom stereocenters. The van der Waals surface area contributed by atoms with Crippen molar-refractivity contribution >= 4 is 5.91 Å². The van der Waals surface area contributed by atoms with Gasteiger partial charge in [-0.1, -0.05) is 24.3 Å². The summed E-state index contributed by atoms with van der Waals surface area (Å²) in [5.41, 5.74) is 2.66. The molecule has 4 nitrogen and oxygen atoms in total. The average molecular weight is 274 g/mol. The van der Waals surface area contributed by atoms with Crippen molar-refractivity contribution in [2.24, 2.45) is 0 Å². The van der Waals surface area contributed by atoms with Gasteiger partial charge in [-0.3, -0.25) is 4.79 Å². The second-order valence-electron chi connectivity index (χ2n) is 5.71. The Morgan fingerprint density at radius 3 is 2.80 bits per heavy atom. The van der Waals surface area contributed by atoms with Crippen LogP contribution in [0, 0.1) is 0 Å². The fourth-order valence-corrected chi connectivity index (χ4v) is 3.17. The maximum atomic E-state index is 11.3. The number of likely N-dealkylation sites (tertiary alicyclic amines) is 1. The first kappa shape index (κ1) is 13.6. The van der Waals surface area contributed by atoms with Crippen molar-refractivity contribution < 1.29 is 9.53 Å². The number of amides is 1. The van der Waals surface area contributed by atoms with E-state index < -0.39 is 0 Å². The number of carbonyl (C=O) groups is 1. The molecule has 0 bridgehead atoms. The molecule has 0 radical (unpaired) electrons. The minimum atomic E-state index is 0.190. The van der Waals surface area contributed by atoms with E-state index in [0.29, 0.717) is 6.04 Å². The first-order valence-electron chi connectivity index (χ1n) is 7.41. The Morgan fingerprint density at radius 2 is 2.05 bits per heavy atom. The van der Waals surface area contributed by atoms with Crippen molar-refractivity contribution in [1.29, 1.82) is 0 Å². The van der Waals surface area contributed by atoms with Crippen LogP contribution >= 0.6 is 0 Å². The zero-order chi connectivity index (χ0) is 13.9. The number of ether oxygens (including phenoxy) is 1. The minimum absolute atomic E-state index is 0.190. The molecule has 2 aliphatic heterocycles. The van der Waals surface area contributed by atoms with Crippen molar-refractivity contribution in [3.05, 3.63) is 35.4 Å². The van der Waals surface area contributed by atoms with Gasteiger partial charge in [0.05, 0.1) is 19.3 Å². The lowest BCUT2D eigenvalue weighted by Crippen LogP contribution is -2.46. The maximum absolute atomic E-state index is 11.3. The van der Waals surface area contributed by atoms with Crippen molar-refractivity contribution in [2.45, 2.75) is 38.5 Å². The molecule has 4 heteroatoms. The van der Waals surface area contributed by atoms with Crippen LogP contribution in [0.15, 0.2) is 24.3 Å². The van der Waals surface area contributed by atoms with Crippen LogP contribution in [-0.4, -0.2) is 36.5 Å². The number of piperidine rings is 1. The monoisotopic (exact) mass is 274 g/mol. The van der Waals surface area contributed by atoms with Crippen molar-refractivity contribution in [3.63, 3.8) is 0 Å². The van der Waals surface area contributed by atoms with Crippen molar-refractivity contribution in [3.8, 4) is 0 Å². The van der Waals surface area contributed by atoms with E-state index in [4.69, 9.17) is 4.74 Å². The molecule has 1 N–H and O–H groups in total. The van der Waals surface area contributed by atoms with Gasteiger partial charge in [0.25, 0.3) is 0 Å². The van der Waals surface area contributed by atoms with Gasteiger partial charge in [-0.05, 0) is 24.0 Å². The number of fused-ring (bicyclic) bond motifs is 1. The number of nitrogens with zero attached hydrogens (tertiary/aromatic N) is 1. The molecule has 20 heavy (non-hydrogen) atoms. The molecule has 1 aromatic rings. The van der Waals surface area contributed by atoms with Gasteiger partial charge in [-0.15, -0.1) is 0 Å². The first-order chi connectivity index (χ1) is 9.74. The summed E-state index contributed by atoms with van der Waals surface area (Å²) < 4.78 is 5.68. The van der Waals surface area contributed by atoms with Crippen LogP contribution < -0.4 is 5.32 Å². The Labute approximate surface area is 120 Å². The van der Waals surface area contributed by atoms with Crippen LogP contribution in [0.25, 0.3) is 0 Å². The van der Waals surface area contributed by atoms with Crippen LogP contribution in [0.5, 0.6) is 0 Å². The smallest absolute Gasteiger partial charge is 0.219 e. The Morgan fingerprint density at radius 1 is 1.30 bits per heavy atom. The molecule has 2 heterocycles. The number of hydrogen-bond donors (Lipinski definition) is 1. The molecule has 0 aromatic heterocycles. The van der Waals surface area contributed by atoms with E-state index in [-0.39, 0.29) is 11.9 Å². The third kappa shape index (κ3) is 2.86. The summed E-state index contributed by atoms with van der Waals surface area (Å²) in [5, 5.41) is 3.71. The van der Waals surface area contributed by atoms with E-state index in [1.54, 1.807) is 6.92 Å². The lowest BCUT2D eigenvalue weighted by atomic mass is 9.96. The molecule has 2 aliphatic rings. The normalized spacial score (nSPS) is 23.4. The fraction of sp³-hybridized carbons (Fsp3) is 0.562. The van der Waals surface area contributed by atoms with E-state index in [1.807, 2.05) is 4.90 Å². The Kier molecular flexibility index (Phi) is 4.03. The minimum Gasteiger partial charge on any atom is -0.375 e. The first-order valence-corrected chi connectivity index (χ1v) is 7.41. The lowest BCUT2D eigenvalue weighted by molar-refractivity contribution is -0.129. The molecular formula is C16H22N2O2. The van der Waals surface area contributed by atoms with Crippen LogP contribution in [0.3, 0.4) is 0 Å². The lowest BCUT2D eigenvalue weighted by Gasteiger charge is -2.35. The number of nitrogens with one attached hydrogen (secondary N) is 1. The number of benzene rings is 1. The molecule has 108 valence electrons. The SMILES string of the molecule is CC(=O)N1CCC(NC2COCc3ccccc32)CC1. The van der Waals surface area contributed by atoms with Gasteiger partial charge < -0.3 is 15.0 Å². The van der Waals surface area contributed by atoms with Gasteiger partial charge in [0, 0.05) is 26.1 Å². The summed E-state index contributed by atoms with van der Waals surface area (Å²) in [7, 11) is 0. The average Bonchev–Trinajstić information content (AvgIpc) is 2.48. The summed E-state index contributed by atoms with van der Waals surface area (Å²) in [6.07, 6.45) is 2.05. The zero-order valence-corrected chi connectivity index (χ0v) is 12.0. The molecule has 1 fully saturated rings. The zero-order valence-electron chi connectivity index (χ0n) is 12.0. The Bertz CT molecular complexity index is 481. The molecule has 0 saturated carbocycles. The van der Waals surface area contributed by atoms with E-state index in [1.165, 1.54) is 11.1 Å². The van der Waals surface area contributed by atoms with Crippen LogP contribution in [-0.2, 0) is 16.1 Å². The summed E-state index contributed by atoms with van der Waals surface area (Å²) in [6, 6.07) is 9.26. The van der Waals surface area contributed by atoms with Gasteiger partial charge in [0.2, 0.25) is 5.91 Å². The fourth-order valence-electron chi connectivity index (χ4n) is 3.17. The third-order valence-corrected chi connectivity index (χ3v) is 4.35. The predicted octanol–water partition coefficient (Wildman–Crippen LogP) is 1.86. The van der Waals surface area contributed by atoms with E-state index in [0.717, 1.165) is 39.1 Å². The van der Waals surface area contributed by atoms with Crippen molar-refractivity contribution in [2.75, 3.05) is 19.7 Å². The maximum Gasteiger partial charge on any atom is 0.219 e. The molecule has 0 aliphatic carbocycles. The second-order valence-corrected chi connectivity index (χ2v) is 5.71. The largest absolute Gasteiger partial charge is 0.375 e. The van der Waals surface area contributed by atoms with Crippen molar-refractivity contribution in [1.82, 2.24) is 10.2 Å². The number of rotatable bonds is 2. The molecule has 1 saturated heterocycles. The van der Waals surface area contributed by atoms with Crippen LogP contribution in [0.4, 0.5) is 0 Å². The van der Waals surface area contributed by atoms with Crippen LogP contribution in [0.1, 0.15) is 36.9 Å². The molecule has 1 amide bonds. The van der Waals surface area contributed by atoms with E-state index in [2.05, 4.69) is 29.6 Å². The highest BCUT2D eigenvalue weighted by Gasteiger charge is 2.26. The second kappa shape index (κ2) is 5.94. The summed E-state index contributed by atoms with van der Waals surface area (Å²) in [6.45, 7) is 4.84. The highest BCUT2D eigenvalue weighted by Crippen LogP contribution is 2.26. The molecule has 0 spiro atoms. The number of hydrogen-bond acceptors (Lipinski definition) is 3. The summed E-state index contributed by atoms with van der Waals surface area (Å²) >= 11 is 0. The highest BCUT2D eigenvalue weighted by molar-refractivity contribution is 5.73. The Balaban J connectivity index is 1.61. The molecule has 3 rings (SSSR count). The topological polar surface area (TPSA) is 41.6 Å². The third-order valence-electron chi connectivity index (χ3n) is 4.35. The number of carbonyl (C=O) groups excluding carboxylic acids is 1. The highest BCUT2D eigenvalue weighted by atomic mass is 16.5. The summed E-state index contributed by atoms with van der Waals surface area (Å²) in [4.78, 5) is 13.3.